The molecule has 0 saturated heterocycles. The van der Waals surface area contributed by atoms with Gasteiger partial charge in [-0.2, -0.15) is 0 Å². The summed E-state index contributed by atoms with van der Waals surface area (Å²) in [6, 6.07) is 10.1. The second-order valence-electron chi connectivity index (χ2n) is 5.09. The van der Waals surface area contributed by atoms with E-state index in [-0.39, 0.29) is 11.4 Å². The molecule has 2 rings (SSSR count). The zero-order valence-corrected chi connectivity index (χ0v) is 12.2. The van der Waals surface area contributed by atoms with Crippen molar-refractivity contribution < 1.29 is 14.8 Å². The van der Waals surface area contributed by atoms with Crippen molar-refractivity contribution in [1.82, 2.24) is 0 Å². The molecule has 2 aromatic rings. The van der Waals surface area contributed by atoms with E-state index in [4.69, 9.17) is 4.74 Å². The van der Waals surface area contributed by atoms with Crippen molar-refractivity contribution in [3.8, 4) is 11.5 Å². The van der Waals surface area contributed by atoms with Gasteiger partial charge in [0.25, 0.3) is 0 Å². The average Bonchev–Trinajstić information content (AvgIpc) is 2.37. The maximum atomic E-state index is 11.2. The molecule has 1 unspecified atom stereocenters. The van der Waals surface area contributed by atoms with Crippen molar-refractivity contribution in [3.63, 3.8) is 0 Å². The molecule has 21 heavy (non-hydrogen) atoms. The molecule has 0 bridgehead atoms. The Morgan fingerprint density at radius 2 is 1.76 bits per heavy atom. The number of hydrogen-bond acceptors (Lipinski definition) is 4. The van der Waals surface area contributed by atoms with Crippen LogP contribution in [0.25, 0.3) is 0 Å². The number of aryl methyl sites for hydroxylation is 2. The predicted molar refractivity (Wildman–Crippen MR) is 79.7 cm³/mol. The Bertz CT molecular complexity index is 660. The zero-order chi connectivity index (χ0) is 15.6. The lowest BCUT2D eigenvalue weighted by molar-refractivity contribution is -0.385. The lowest BCUT2D eigenvalue weighted by Crippen LogP contribution is -1.98. The molecule has 0 heterocycles. The van der Waals surface area contributed by atoms with Crippen LogP contribution in [0.1, 0.15) is 29.7 Å². The largest absolute Gasteiger partial charge is 0.450 e. The molecule has 0 amide bonds. The highest BCUT2D eigenvalue weighted by Gasteiger charge is 2.18. The van der Waals surface area contributed by atoms with Crippen LogP contribution in [0.5, 0.6) is 11.5 Å². The van der Waals surface area contributed by atoms with Gasteiger partial charge in [-0.1, -0.05) is 12.1 Å². The van der Waals surface area contributed by atoms with E-state index in [1.807, 2.05) is 32.0 Å². The quantitative estimate of drug-likeness (QED) is 0.680. The molecule has 0 aromatic heterocycles. The molecule has 0 aliphatic rings. The summed E-state index contributed by atoms with van der Waals surface area (Å²) in [4.78, 5) is 10.7. The Kier molecular flexibility index (Phi) is 4.23. The summed E-state index contributed by atoms with van der Waals surface area (Å²) in [5.74, 6) is 0.717. The first kappa shape index (κ1) is 15.0. The standard InChI is InChI=1S/C16H17NO4/c1-10-6-11(2)8-14(7-10)21-16-5-4-13(12(3)18)9-15(16)17(19)20/h4-9,12,18H,1-3H3. The second-order valence-corrected chi connectivity index (χ2v) is 5.09. The fourth-order valence-corrected chi connectivity index (χ4v) is 2.14. The number of hydrogen-bond donors (Lipinski definition) is 1. The zero-order valence-electron chi connectivity index (χ0n) is 12.2. The summed E-state index contributed by atoms with van der Waals surface area (Å²) >= 11 is 0. The van der Waals surface area contributed by atoms with Gasteiger partial charge < -0.3 is 9.84 Å². The Labute approximate surface area is 123 Å². The van der Waals surface area contributed by atoms with Crippen molar-refractivity contribution in [3.05, 3.63) is 63.2 Å². The smallest absolute Gasteiger partial charge is 0.311 e. The molecule has 0 aliphatic carbocycles. The second kappa shape index (κ2) is 5.93. The molecule has 5 heteroatoms. The van der Waals surface area contributed by atoms with Crippen molar-refractivity contribution in [2.45, 2.75) is 26.9 Å². The van der Waals surface area contributed by atoms with Gasteiger partial charge in [0, 0.05) is 6.07 Å². The SMILES string of the molecule is Cc1cc(C)cc(Oc2ccc(C(C)O)cc2[N+](=O)[O-])c1. The topological polar surface area (TPSA) is 72.6 Å². The van der Waals surface area contributed by atoms with E-state index in [1.54, 1.807) is 13.0 Å². The lowest BCUT2D eigenvalue weighted by atomic mass is 10.1. The molecular weight excluding hydrogens is 270 g/mol. The number of rotatable bonds is 4. The molecule has 1 N–H and O–H groups in total. The van der Waals surface area contributed by atoms with Crippen molar-refractivity contribution in [2.75, 3.05) is 0 Å². The number of nitro groups is 1. The molecule has 0 spiro atoms. The molecule has 110 valence electrons. The summed E-state index contributed by atoms with van der Waals surface area (Å²) in [5.41, 5.74) is 2.36. The summed E-state index contributed by atoms with van der Waals surface area (Å²) in [7, 11) is 0. The first-order valence-electron chi connectivity index (χ1n) is 6.59. The number of aliphatic hydroxyl groups is 1. The van der Waals surface area contributed by atoms with Crippen molar-refractivity contribution in [1.29, 1.82) is 0 Å². The monoisotopic (exact) mass is 287 g/mol. The van der Waals surface area contributed by atoms with Crippen LogP contribution < -0.4 is 4.74 Å². The van der Waals surface area contributed by atoms with Crippen LogP contribution in [0.3, 0.4) is 0 Å². The molecule has 5 nitrogen and oxygen atoms in total. The van der Waals surface area contributed by atoms with Crippen LogP contribution in [0, 0.1) is 24.0 Å². The van der Waals surface area contributed by atoms with Gasteiger partial charge in [-0.05, 0) is 55.7 Å². The molecule has 0 aliphatic heterocycles. The molecule has 2 aromatic carbocycles. The minimum Gasteiger partial charge on any atom is -0.450 e. The summed E-state index contributed by atoms with van der Waals surface area (Å²) < 4.78 is 5.64. The normalized spacial score (nSPS) is 12.0. The molecule has 1 atom stereocenters. The highest BCUT2D eigenvalue weighted by atomic mass is 16.6. The fraction of sp³-hybridized carbons (Fsp3) is 0.250. The minimum atomic E-state index is -0.765. The third-order valence-electron chi connectivity index (χ3n) is 3.09. The van der Waals surface area contributed by atoms with E-state index >= 15 is 0 Å². The lowest BCUT2D eigenvalue weighted by Gasteiger charge is -2.10. The summed E-state index contributed by atoms with van der Waals surface area (Å²) in [6.07, 6.45) is -0.765. The van der Waals surface area contributed by atoms with Gasteiger partial charge in [0.05, 0.1) is 11.0 Å². The fourth-order valence-electron chi connectivity index (χ4n) is 2.14. The van der Waals surface area contributed by atoms with Crippen LogP contribution in [0.15, 0.2) is 36.4 Å². The Hall–Kier alpha value is -2.40. The van der Waals surface area contributed by atoms with Gasteiger partial charge in [0.2, 0.25) is 5.75 Å². The van der Waals surface area contributed by atoms with E-state index in [0.29, 0.717) is 11.3 Å². The maximum absolute atomic E-state index is 11.2. The average molecular weight is 287 g/mol. The molecule has 0 saturated carbocycles. The van der Waals surface area contributed by atoms with Crippen LogP contribution >= 0.6 is 0 Å². The van der Waals surface area contributed by atoms with Crippen LogP contribution in [0.2, 0.25) is 0 Å². The van der Waals surface area contributed by atoms with E-state index in [2.05, 4.69) is 0 Å². The van der Waals surface area contributed by atoms with Crippen molar-refractivity contribution in [2.24, 2.45) is 0 Å². The number of nitrogens with zero attached hydrogens (tertiary/aromatic N) is 1. The first-order chi connectivity index (χ1) is 9.86. The highest BCUT2D eigenvalue weighted by molar-refractivity contribution is 5.51. The predicted octanol–water partition coefficient (Wildman–Crippen LogP) is 4.06. The Balaban J connectivity index is 2.41. The number of ether oxygens (including phenoxy) is 1. The summed E-state index contributed by atoms with van der Waals surface area (Å²) in [6.45, 7) is 5.43. The van der Waals surface area contributed by atoms with Crippen LogP contribution in [-0.2, 0) is 0 Å². The van der Waals surface area contributed by atoms with Gasteiger partial charge in [-0.15, -0.1) is 0 Å². The van der Waals surface area contributed by atoms with Gasteiger partial charge in [-0.3, -0.25) is 10.1 Å². The third kappa shape index (κ3) is 3.58. The summed E-state index contributed by atoms with van der Waals surface area (Å²) in [5, 5.41) is 20.7. The molecule has 0 fully saturated rings. The van der Waals surface area contributed by atoms with Crippen LogP contribution in [0.4, 0.5) is 5.69 Å². The third-order valence-corrected chi connectivity index (χ3v) is 3.09. The Morgan fingerprint density at radius 1 is 1.14 bits per heavy atom. The van der Waals surface area contributed by atoms with Gasteiger partial charge >= 0.3 is 5.69 Å². The number of benzene rings is 2. The van der Waals surface area contributed by atoms with Crippen LogP contribution in [-0.4, -0.2) is 10.0 Å². The van der Waals surface area contributed by atoms with Gasteiger partial charge in [0.15, 0.2) is 0 Å². The molecular formula is C16H17NO4. The van der Waals surface area contributed by atoms with E-state index in [0.717, 1.165) is 11.1 Å². The van der Waals surface area contributed by atoms with E-state index < -0.39 is 11.0 Å². The van der Waals surface area contributed by atoms with E-state index in [1.165, 1.54) is 12.1 Å². The highest BCUT2D eigenvalue weighted by Crippen LogP contribution is 2.34. The Morgan fingerprint density at radius 3 is 2.29 bits per heavy atom. The number of aliphatic hydroxyl groups excluding tert-OH is 1. The maximum Gasteiger partial charge on any atom is 0.311 e. The number of nitro benzene ring substituents is 1. The van der Waals surface area contributed by atoms with Crippen molar-refractivity contribution >= 4 is 5.69 Å². The molecule has 0 radical (unpaired) electrons. The van der Waals surface area contributed by atoms with E-state index in [9.17, 15) is 15.2 Å². The van der Waals surface area contributed by atoms with Gasteiger partial charge in [0.1, 0.15) is 5.75 Å². The van der Waals surface area contributed by atoms with Gasteiger partial charge in [-0.25, -0.2) is 0 Å². The first-order valence-corrected chi connectivity index (χ1v) is 6.59. The minimum absolute atomic E-state index is 0.160.